The number of hydrogen-bond acceptors (Lipinski definition) is 3. The maximum Gasteiger partial charge on any atom is 0.280 e. The van der Waals surface area contributed by atoms with E-state index in [0.29, 0.717) is 10.8 Å². The highest BCUT2D eigenvalue weighted by atomic mass is 32.2. The molecule has 0 aliphatic carbocycles. The smallest absolute Gasteiger partial charge is 0.280 e. The Morgan fingerprint density at radius 1 is 1.42 bits per heavy atom. The number of nitrogens with two attached hydrogens (primary N) is 2. The van der Waals surface area contributed by atoms with Gasteiger partial charge in [-0.05, 0) is 24.1 Å². The average molecular weight is 295 g/mol. The van der Waals surface area contributed by atoms with E-state index in [1.54, 1.807) is 11.8 Å². The summed E-state index contributed by atoms with van der Waals surface area (Å²) >= 11 is 3.64. The zero-order chi connectivity index (χ0) is 14.0. The van der Waals surface area contributed by atoms with Gasteiger partial charge in [0.25, 0.3) is 5.91 Å². The monoisotopic (exact) mass is 295 g/mol. The van der Waals surface area contributed by atoms with E-state index in [2.05, 4.69) is 18.0 Å². The zero-order valence-corrected chi connectivity index (χ0v) is 12.6. The van der Waals surface area contributed by atoms with Crippen molar-refractivity contribution < 1.29 is 4.79 Å². The molecule has 1 aromatic carbocycles. The first kappa shape index (κ1) is 14.3. The lowest BCUT2D eigenvalue weighted by Gasteiger charge is -2.22. The Kier molecular flexibility index (Phi) is 4.42. The van der Waals surface area contributed by atoms with Crippen molar-refractivity contribution in [1.82, 2.24) is 0 Å². The molecule has 0 aromatic heterocycles. The minimum absolute atomic E-state index is 0.194. The topological polar surface area (TPSA) is 81.5 Å². The van der Waals surface area contributed by atoms with Crippen LogP contribution in [0, 0.1) is 0 Å². The van der Waals surface area contributed by atoms with Crippen LogP contribution in [0.2, 0.25) is 0 Å². The van der Waals surface area contributed by atoms with E-state index in [4.69, 9.17) is 11.5 Å². The molecule has 1 aromatic rings. The first-order valence-corrected chi connectivity index (χ1v) is 7.98. The van der Waals surface area contributed by atoms with Gasteiger partial charge in [-0.2, -0.15) is 4.99 Å². The van der Waals surface area contributed by atoms with Crippen molar-refractivity contribution in [3.05, 3.63) is 23.3 Å². The van der Waals surface area contributed by atoms with Crippen molar-refractivity contribution in [2.45, 2.75) is 35.3 Å². The molecule has 1 atom stereocenters. The Morgan fingerprint density at radius 2 is 2.16 bits per heavy atom. The number of fused-ring (bicyclic) bond motifs is 1. The van der Waals surface area contributed by atoms with E-state index in [1.807, 2.05) is 24.8 Å². The molecule has 19 heavy (non-hydrogen) atoms. The molecule has 6 heteroatoms. The van der Waals surface area contributed by atoms with Gasteiger partial charge in [-0.25, -0.2) is 0 Å². The molecular weight excluding hydrogens is 278 g/mol. The van der Waals surface area contributed by atoms with E-state index in [1.165, 1.54) is 4.90 Å². The molecule has 4 N–H and O–H groups in total. The molecule has 0 saturated heterocycles. The Balaban J connectivity index is 2.44. The normalized spacial score (nSPS) is 17.7. The Bertz CT molecular complexity index is 539. The van der Waals surface area contributed by atoms with Crippen LogP contribution in [-0.2, 0) is 6.42 Å². The highest BCUT2D eigenvalue weighted by Crippen LogP contribution is 2.42. The minimum Gasteiger partial charge on any atom is -0.370 e. The second kappa shape index (κ2) is 5.88. The van der Waals surface area contributed by atoms with Crippen LogP contribution in [0.1, 0.15) is 29.8 Å². The van der Waals surface area contributed by atoms with Crippen molar-refractivity contribution in [3.63, 3.8) is 0 Å². The number of thioether (sulfide) groups is 2. The van der Waals surface area contributed by atoms with Gasteiger partial charge in [0.2, 0.25) is 0 Å². The van der Waals surface area contributed by atoms with Gasteiger partial charge in [-0.15, -0.1) is 23.5 Å². The summed E-state index contributed by atoms with van der Waals surface area (Å²) in [6.45, 7) is 4.24. The van der Waals surface area contributed by atoms with E-state index >= 15 is 0 Å². The molecule has 1 aliphatic rings. The molecule has 0 saturated carbocycles. The van der Waals surface area contributed by atoms with E-state index < -0.39 is 0 Å². The fraction of sp³-hybridized carbons (Fsp3) is 0.385. The van der Waals surface area contributed by atoms with Gasteiger partial charge in [0.05, 0.1) is 0 Å². The summed E-state index contributed by atoms with van der Waals surface area (Å²) in [6.07, 6.45) is 0.786. The van der Waals surface area contributed by atoms with Crippen LogP contribution < -0.4 is 11.5 Å². The van der Waals surface area contributed by atoms with Crippen molar-refractivity contribution in [2.24, 2.45) is 16.5 Å². The first-order valence-electron chi connectivity index (χ1n) is 6.11. The number of carbonyl (C=O) groups is 1. The quantitative estimate of drug-likeness (QED) is 0.646. The summed E-state index contributed by atoms with van der Waals surface area (Å²) in [5.41, 5.74) is 12.2. The fourth-order valence-corrected chi connectivity index (χ4v) is 4.37. The number of guanidine groups is 1. The Morgan fingerprint density at radius 3 is 2.79 bits per heavy atom. The molecule has 1 aliphatic heterocycles. The van der Waals surface area contributed by atoms with Gasteiger partial charge in [-0.3, -0.25) is 4.79 Å². The molecule has 0 spiro atoms. The molecule has 4 nitrogen and oxygen atoms in total. The molecular formula is C13H17N3OS2. The van der Waals surface area contributed by atoms with Gasteiger partial charge in [0.1, 0.15) is 0 Å². The van der Waals surface area contributed by atoms with Gasteiger partial charge >= 0.3 is 0 Å². The Labute approximate surface area is 121 Å². The van der Waals surface area contributed by atoms with Crippen LogP contribution in [0.15, 0.2) is 26.9 Å². The largest absolute Gasteiger partial charge is 0.370 e. The lowest BCUT2D eigenvalue weighted by atomic mass is 10.0. The molecule has 0 fully saturated rings. The van der Waals surface area contributed by atoms with E-state index in [-0.39, 0.29) is 11.9 Å². The number of benzene rings is 1. The summed E-state index contributed by atoms with van der Waals surface area (Å²) in [4.78, 5) is 18.1. The predicted octanol–water partition coefficient (Wildman–Crippen LogP) is 2.25. The number of rotatable bonds is 2. The third-order valence-electron chi connectivity index (χ3n) is 2.81. The summed E-state index contributed by atoms with van der Waals surface area (Å²) in [5.74, 6) is 0.503. The van der Waals surface area contributed by atoms with Crippen LogP contribution in [0.4, 0.5) is 0 Å². The molecule has 0 radical (unpaired) electrons. The fourth-order valence-electron chi connectivity index (χ4n) is 1.93. The SMILES string of the molecule is CCc1cc2c(cc1C(=O)N=C(N)N)SCC(C)S2. The second-order valence-corrected chi connectivity index (χ2v) is 6.93. The van der Waals surface area contributed by atoms with Crippen LogP contribution >= 0.6 is 23.5 Å². The molecule has 1 heterocycles. The number of aliphatic imine (C=N–C) groups is 1. The number of nitrogens with zero attached hydrogens (tertiary/aromatic N) is 1. The first-order chi connectivity index (χ1) is 9.01. The highest BCUT2D eigenvalue weighted by molar-refractivity contribution is 8.06. The average Bonchev–Trinajstić information content (AvgIpc) is 2.36. The van der Waals surface area contributed by atoms with Crippen LogP contribution in [0.3, 0.4) is 0 Å². The zero-order valence-electron chi connectivity index (χ0n) is 11.0. The molecule has 1 unspecified atom stereocenters. The van der Waals surface area contributed by atoms with Crippen molar-refractivity contribution in [1.29, 1.82) is 0 Å². The summed E-state index contributed by atoms with van der Waals surface area (Å²) in [7, 11) is 0. The number of amides is 1. The number of aryl methyl sites for hydroxylation is 1. The van der Waals surface area contributed by atoms with Crippen molar-refractivity contribution in [3.8, 4) is 0 Å². The summed E-state index contributed by atoms with van der Waals surface area (Å²) < 4.78 is 0. The van der Waals surface area contributed by atoms with Gasteiger partial charge < -0.3 is 11.5 Å². The third kappa shape index (κ3) is 3.25. The van der Waals surface area contributed by atoms with Gasteiger partial charge in [-0.1, -0.05) is 13.8 Å². The molecule has 1 amide bonds. The number of carbonyl (C=O) groups excluding carboxylic acids is 1. The third-order valence-corrected chi connectivity index (χ3v) is 5.63. The maximum absolute atomic E-state index is 12.0. The summed E-state index contributed by atoms with van der Waals surface area (Å²) in [5, 5.41) is 0.599. The lowest BCUT2D eigenvalue weighted by molar-refractivity contribution is 0.100. The lowest BCUT2D eigenvalue weighted by Crippen LogP contribution is -2.24. The maximum atomic E-state index is 12.0. The second-order valence-electron chi connectivity index (χ2n) is 4.39. The molecule has 0 bridgehead atoms. The van der Waals surface area contributed by atoms with Crippen LogP contribution in [-0.4, -0.2) is 22.9 Å². The molecule has 2 rings (SSSR count). The van der Waals surface area contributed by atoms with Gasteiger partial charge in [0, 0.05) is 26.4 Å². The Hall–Kier alpha value is -1.14. The highest BCUT2D eigenvalue weighted by Gasteiger charge is 2.20. The van der Waals surface area contributed by atoms with Crippen molar-refractivity contribution in [2.75, 3.05) is 5.75 Å². The van der Waals surface area contributed by atoms with Crippen molar-refractivity contribution >= 4 is 35.4 Å². The van der Waals surface area contributed by atoms with E-state index in [0.717, 1.165) is 22.6 Å². The summed E-state index contributed by atoms with van der Waals surface area (Å²) in [6, 6.07) is 4.02. The predicted molar refractivity (Wildman–Crippen MR) is 82.0 cm³/mol. The number of hydrogen-bond donors (Lipinski definition) is 2. The van der Waals surface area contributed by atoms with Crippen LogP contribution in [0.5, 0.6) is 0 Å². The minimum atomic E-state index is -0.358. The van der Waals surface area contributed by atoms with Crippen LogP contribution in [0.25, 0.3) is 0 Å². The molecule has 102 valence electrons. The van der Waals surface area contributed by atoms with Gasteiger partial charge in [0.15, 0.2) is 5.96 Å². The standard InChI is InChI=1S/C13H17N3OS2/c1-3-8-4-11-10(18-6-7(2)19-11)5-9(8)12(17)16-13(14)15/h4-5,7H,3,6H2,1-2H3,(H4,14,15,16,17). The van der Waals surface area contributed by atoms with E-state index in [9.17, 15) is 4.79 Å².